The zero-order valence-electron chi connectivity index (χ0n) is 14.6. The zero-order chi connectivity index (χ0) is 16.6. The van der Waals surface area contributed by atoms with Gasteiger partial charge in [-0.25, -0.2) is 0 Å². The quantitative estimate of drug-likeness (QED) is 0.600. The summed E-state index contributed by atoms with van der Waals surface area (Å²) in [5, 5.41) is 6.55. The number of methoxy groups -OCH3 is 1. The Morgan fingerprint density at radius 2 is 2.00 bits per heavy atom. The van der Waals surface area contributed by atoms with Crippen molar-refractivity contribution in [3.05, 3.63) is 29.8 Å². The monoisotopic (exact) mass is 307 g/mol. The standard InChI is InChI=1S/C17H29N3O2/c1-13(2)22-15-9-7-8-14(10-15)11-19-16(18-5)20-12-17(3,4)21-6/h7-10,13H,11-12H2,1-6H3,(H2,18,19,20). The third-order valence-corrected chi connectivity index (χ3v) is 3.19. The van der Waals surface area contributed by atoms with E-state index < -0.39 is 0 Å². The Morgan fingerprint density at radius 3 is 2.59 bits per heavy atom. The van der Waals surface area contributed by atoms with Crippen molar-refractivity contribution in [2.75, 3.05) is 20.7 Å². The van der Waals surface area contributed by atoms with Crippen LogP contribution in [0.3, 0.4) is 0 Å². The van der Waals surface area contributed by atoms with Gasteiger partial charge in [-0.15, -0.1) is 0 Å². The third kappa shape index (κ3) is 6.80. The zero-order valence-corrected chi connectivity index (χ0v) is 14.6. The number of ether oxygens (including phenoxy) is 2. The number of hydrogen-bond donors (Lipinski definition) is 2. The molecule has 0 aromatic heterocycles. The summed E-state index contributed by atoms with van der Waals surface area (Å²) in [5.74, 6) is 1.64. The minimum absolute atomic E-state index is 0.175. The summed E-state index contributed by atoms with van der Waals surface area (Å²) in [7, 11) is 3.46. The number of benzene rings is 1. The third-order valence-electron chi connectivity index (χ3n) is 3.19. The van der Waals surface area contributed by atoms with Gasteiger partial charge in [-0.3, -0.25) is 4.99 Å². The number of guanidine groups is 1. The first-order valence-corrected chi connectivity index (χ1v) is 7.61. The fourth-order valence-electron chi connectivity index (χ4n) is 1.78. The molecule has 1 aromatic carbocycles. The average molecular weight is 307 g/mol. The molecule has 0 amide bonds. The highest BCUT2D eigenvalue weighted by Crippen LogP contribution is 2.14. The molecule has 5 nitrogen and oxygen atoms in total. The molecule has 0 spiro atoms. The van der Waals surface area contributed by atoms with Crippen LogP contribution in [0.25, 0.3) is 0 Å². The van der Waals surface area contributed by atoms with Crippen LogP contribution in [0.15, 0.2) is 29.3 Å². The molecule has 0 radical (unpaired) electrons. The topological polar surface area (TPSA) is 54.9 Å². The van der Waals surface area contributed by atoms with Crippen molar-refractivity contribution < 1.29 is 9.47 Å². The van der Waals surface area contributed by atoms with Crippen molar-refractivity contribution in [2.24, 2.45) is 4.99 Å². The second kappa shape index (κ2) is 8.63. The van der Waals surface area contributed by atoms with E-state index in [1.807, 2.05) is 45.9 Å². The number of hydrogen-bond acceptors (Lipinski definition) is 3. The molecule has 5 heteroatoms. The van der Waals surface area contributed by atoms with E-state index in [0.29, 0.717) is 13.1 Å². The number of rotatable bonds is 7. The van der Waals surface area contributed by atoms with Gasteiger partial charge in [-0.1, -0.05) is 12.1 Å². The lowest BCUT2D eigenvalue weighted by Gasteiger charge is -2.24. The molecule has 0 aliphatic heterocycles. The Morgan fingerprint density at radius 1 is 1.27 bits per heavy atom. The average Bonchev–Trinajstić information content (AvgIpc) is 2.47. The van der Waals surface area contributed by atoms with E-state index in [1.54, 1.807) is 14.2 Å². The highest BCUT2D eigenvalue weighted by Gasteiger charge is 2.16. The van der Waals surface area contributed by atoms with E-state index in [2.05, 4.69) is 21.7 Å². The van der Waals surface area contributed by atoms with E-state index >= 15 is 0 Å². The van der Waals surface area contributed by atoms with Crippen LogP contribution in [0, 0.1) is 0 Å². The summed E-state index contributed by atoms with van der Waals surface area (Å²) in [6, 6.07) is 8.07. The Hall–Kier alpha value is -1.75. The maximum absolute atomic E-state index is 5.70. The van der Waals surface area contributed by atoms with Crippen molar-refractivity contribution in [1.29, 1.82) is 0 Å². The fraction of sp³-hybridized carbons (Fsp3) is 0.588. The van der Waals surface area contributed by atoms with Crippen LogP contribution >= 0.6 is 0 Å². The normalized spacial score (nSPS) is 12.4. The number of nitrogens with zero attached hydrogens (tertiary/aromatic N) is 1. The van der Waals surface area contributed by atoms with E-state index in [-0.39, 0.29) is 11.7 Å². The fourth-order valence-corrected chi connectivity index (χ4v) is 1.78. The van der Waals surface area contributed by atoms with Crippen molar-refractivity contribution >= 4 is 5.96 Å². The van der Waals surface area contributed by atoms with Gasteiger partial charge in [0.2, 0.25) is 0 Å². The summed E-state index contributed by atoms with van der Waals surface area (Å²) in [4.78, 5) is 4.22. The molecule has 0 atom stereocenters. The highest BCUT2D eigenvalue weighted by molar-refractivity contribution is 5.79. The van der Waals surface area contributed by atoms with Crippen molar-refractivity contribution in [2.45, 2.75) is 45.9 Å². The molecule has 22 heavy (non-hydrogen) atoms. The van der Waals surface area contributed by atoms with Gasteiger partial charge >= 0.3 is 0 Å². The van der Waals surface area contributed by atoms with E-state index in [0.717, 1.165) is 17.3 Å². The van der Waals surface area contributed by atoms with E-state index in [4.69, 9.17) is 9.47 Å². The smallest absolute Gasteiger partial charge is 0.191 e. The van der Waals surface area contributed by atoms with Gasteiger partial charge in [0.15, 0.2) is 5.96 Å². The molecule has 0 aliphatic carbocycles. The van der Waals surface area contributed by atoms with Crippen molar-refractivity contribution in [3.8, 4) is 5.75 Å². The maximum Gasteiger partial charge on any atom is 0.191 e. The predicted octanol–water partition coefficient (Wildman–Crippen LogP) is 2.56. The van der Waals surface area contributed by atoms with E-state index in [9.17, 15) is 0 Å². The van der Waals surface area contributed by atoms with E-state index in [1.165, 1.54) is 0 Å². The summed E-state index contributed by atoms with van der Waals surface area (Å²) >= 11 is 0. The van der Waals surface area contributed by atoms with Crippen LogP contribution in [0.1, 0.15) is 33.3 Å². The SMILES string of the molecule is CN=C(NCc1cccc(OC(C)C)c1)NCC(C)(C)OC. The van der Waals surface area contributed by atoms with Crippen LogP contribution in [-0.4, -0.2) is 38.4 Å². The van der Waals surface area contributed by atoms with Crippen LogP contribution in [0.2, 0.25) is 0 Å². The second-order valence-corrected chi connectivity index (χ2v) is 6.06. The first-order valence-electron chi connectivity index (χ1n) is 7.61. The highest BCUT2D eigenvalue weighted by atomic mass is 16.5. The maximum atomic E-state index is 5.70. The lowest BCUT2D eigenvalue weighted by Crippen LogP contribution is -2.45. The molecular formula is C17H29N3O2. The first kappa shape index (κ1) is 18.3. The molecule has 2 N–H and O–H groups in total. The van der Waals surface area contributed by atoms with Gasteiger partial charge in [-0.2, -0.15) is 0 Å². The molecular weight excluding hydrogens is 278 g/mol. The summed E-state index contributed by atoms with van der Waals surface area (Å²) in [6.07, 6.45) is 0.175. The summed E-state index contributed by atoms with van der Waals surface area (Å²) in [6.45, 7) is 9.46. The molecule has 0 aliphatic rings. The van der Waals surface area contributed by atoms with Crippen LogP contribution in [0.5, 0.6) is 5.75 Å². The lowest BCUT2D eigenvalue weighted by atomic mass is 10.1. The Bertz CT molecular complexity index is 485. The molecule has 0 saturated heterocycles. The van der Waals surface area contributed by atoms with Crippen LogP contribution in [-0.2, 0) is 11.3 Å². The number of nitrogens with one attached hydrogen (secondary N) is 2. The molecule has 0 heterocycles. The second-order valence-electron chi connectivity index (χ2n) is 6.06. The summed E-state index contributed by atoms with van der Waals surface area (Å²) < 4.78 is 11.1. The van der Waals surface area contributed by atoms with Gasteiger partial charge in [0.25, 0.3) is 0 Å². The first-order chi connectivity index (χ1) is 10.4. The lowest BCUT2D eigenvalue weighted by molar-refractivity contribution is 0.0268. The molecule has 1 aromatic rings. The Labute approximate surface area is 134 Å². The molecule has 0 fully saturated rings. The molecule has 0 saturated carbocycles. The molecule has 0 unspecified atom stereocenters. The molecule has 124 valence electrons. The van der Waals surface area contributed by atoms with Crippen LogP contribution < -0.4 is 15.4 Å². The van der Waals surface area contributed by atoms with Gasteiger partial charge in [0.05, 0.1) is 11.7 Å². The Balaban J connectivity index is 2.53. The van der Waals surface area contributed by atoms with Gasteiger partial charge in [-0.05, 0) is 45.4 Å². The predicted molar refractivity (Wildman–Crippen MR) is 91.5 cm³/mol. The minimum atomic E-state index is -0.233. The molecule has 1 rings (SSSR count). The van der Waals surface area contributed by atoms with Gasteiger partial charge in [0.1, 0.15) is 5.75 Å². The Kier molecular flexibility index (Phi) is 7.18. The minimum Gasteiger partial charge on any atom is -0.491 e. The van der Waals surface area contributed by atoms with Crippen molar-refractivity contribution in [1.82, 2.24) is 10.6 Å². The largest absolute Gasteiger partial charge is 0.491 e. The van der Waals surface area contributed by atoms with Crippen LogP contribution in [0.4, 0.5) is 0 Å². The number of aliphatic imine (C=N–C) groups is 1. The van der Waals surface area contributed by atoms with Gasteiger partial charge in [0, 0.05) is 27.2 Å². The van der Waals surface area contributed by atoms with Gasteiger partial charge < -0.3 is 20.1 Å². The van der Waals surface area contributed by atoms with Crippen molar-refractivity contribution in [3.63, 3.8) is 0 Å². The molecule has 0 bridgehead atoms. The summed E-state index contributed by atoms with van der Waals surface area (Å²) in [5.41, 5.74) is 0.912.